The Hall–Kier alpha value is -4.06. The summed E-state index contributed by atoms with van der Waals surface area (Å²) in [6.07, 6.45) is 0.983. The monoisotopic (exact) mass is 482 g/mol. The Kier molecular flexibility index (Phi) is 6.51. The molecule has 0 bridgehead atoms. The summed E-state index contributed by atoms with van der Waals surface area (Å²) in [6, 6.07) is 22.7. The number of anilines is 2. The fourth-order valence-electron chi connectivity index (χ4n) is 5.36. The summed E-state index contributed by atoms with van der Waals surface area (Å²) in [4.78, 5) is 28.8. The fourth-order valence-corrected chi connectivity index (χ4v) is 5.36. The van der Waals surface area contributed by atoms with Gasteiger partial charge in [-0.05, 0) is 54.8 Å². The van der Waals surface area contributed by atoms with Crippen LogP contribution in [0.5, 0.6) is 11.5 Å². The highest BCUT2D eigenvalue weighted by Crippen LogP contribution is 2.48. The highest BCUT2D eigenvalue weighted by molar-refractivity contribution is 6.06. The van der Waals surface area contributed by atoms with Gasteiger partial charge in [-0.25, -0.2) is 0 Å². The molecule has 0 saturated heterocycles. The molecule has 0 spiro atoms. The predicted octanol–water partition coefficient (Wildman–Crippen LogP) is 6.01. The average molecular weight is 483 g/mol. The first-order valence-electron chi connectivity index (χ1n) is 12.3. The van der Waals surface area contributed by atoms with Crippen LogP contribution < -0.4 is 19.7 Å². The second kappa shape index (κ2) is 9.90. The summed E-state index contributed by atoms with van der Waals surface area (Å²) in [6.45, 7) is 4.07. The lowest BCUT2D eigenvalue weighted by Gasteiger charge is -2.34. The predicted molar refractivity (Wildman–Crippen MR) is 141 cm³/mol. The Balaban J connectivity index is 1.67. The largest absolute Gasteiger partial charge is 0.497 e. The molecule has 3 aromatic rings. The van der Waals surface area contributed by atoms with Gasteiger partial charge in [-0.2, -0.15) is 0 Å². The summed E-state index contributed by atoms with van der Waals surface area (Å²) in [5.41, 5.74) is 4.93. The van der Waals surface area contributed by atoms with E-state index >= 15 is 0 Å². The number of allylic oxidation sites excluding steroid dienone is 1. The Bertz CT molecular complexity index is 1330. The molecule has 5 rings (SSSR count). The number of ether oxygens (including phenoxy) is 2. The van der Waals surface area contributed by atoms with E-state index in [1.165, 1.54) is 0 Å². The lowest BCUT2D eigenvalue weighted by atomic mass is 9.78. The minimum absolute atomic E-state index is 0.0277. The Morgan fingerprint density at radius 1 is 1.00 bits per heavy atom. The van der Waals surface area contributed by atoms with Gasteiger partial charge in [0.05, 0.1) is 31.1 Å². The van der Waals surface area contributed by atoms with Crippen LogP contribution in [0.15, 0.2) is 84.1 Å². The Morgan fingerprint density at radius 3 is 2.44 bits per heavy atom. The van der Waals surface area contributed by atoms with Crippen molar-refractivity contribution in [3.8, 4) is 11.5 Å². The molecule has 1 N–H and O–H groups in total. The maximum Gasteiger partial charge on any atom is 0.224 e. The van der Waals surface area contributed by atoms with Crippen molar-refractivity contribution in [1.82, 2.24) is 0 Å². The van der Waals surface area contributed by atoms with E-state index in [0.29, 0.717) is 25.0 Å². The lowest BCUT2D eigenvalue weighted by Crippen LogP contribution is -2.37. The highest BCUT2D eigenvalue weighted by atomic mass is 16.5. The fraction of sp³-hybridized carbons (Fsp3) is 0.267. The minimum atomic E-state index is -0.546. The number of benzene rings is 3. The van der Waals surface area contributed by atoms with Crippen LogP contribution in [0.25, 0.3) is 0 Å². The van der Waals surface area contributed by atoms with Gasteiger partial charge >= 0.3 is 0 Å². The third kappa shape index (κ3) is 4.24. The molecule has 184 valence electrons. The van der Waals surface area contributed by atoms with E-state index in [4.69, 9.17) is 9.47 Å². The molecule has 0 saturated carbocycles. The van der Waals surface area contributed by atoms with Gasteiger partial charge in [-0.3, -0.25) is 14.5 Å². The molecule has 2 atom stereocenters. The normalized spacial score (nSPS) is 19.1. The van der Waals surface area contributed by atoms with Crippen molar-refractivity contribution in [2.45, 2.75) is 38.6 Å². The van der Waals surface area contributed by atoms with Crippen molar-refractivity contribution < 1.29 is 19.1 Å². The first-order chi connectivity index (χ1) is 17.5. The topological polar surface area (TPSA) is 67.9 Å². The van der Waals surface area contributed by atoms with Crippen molar-refractivity contribution in [2.24, 2.45) is 0 Å². The molecule has 3 aromatic carbocycles. The van der Waals surface area contributed by atoms with E-state index in [1.807, 2.05) is 79.7 Å². The second-order valence-electron chi connectivity index (χ2n) is 9.10. The van der Waals surface area contributed by atoms with Crippen LogP contribution in [0.4, 0.5) is 11.4 Å². The minimum Gasteiger partial charge on any atom is -0.497 e. The van der Waals surface area contributed by atoms with Crippen molar-refractivity contribution in [1.29, 1.82) is 0 Å². The number of nitrogens with one attached hydrogen (secondary N) is 1. The molecule has 1 heterocycles. The quantitative estimate of drug-likeness (QED) is 0.482. The number of nitrogens with zero attached hydrogens (tertiary/aromatic N) is 1. The van der Waals surface area contributed by atoms with Crippen LogP contribution in [0.2, 0.25) is 0 Å². The standard InChI is InChI=1S/C30H30N2O4/c1-4-36-28-12-8-5-9-23(28)21-17-25-29(27(34)18-21)30(20-13-15-22(35-3)16-14-20)32(19(2)33)26-11-7-6-10-24(26)31-25/h5-16,21,30-31H,4,17-18H2,1-3H3/t21-,30+/m1/s1. The number of methoxy groups -OCH3 is 1. The smallest absolute Gasteiger partial charge is 0.224 e. The summed E-state index contributed by atoms with van der Waals surface area (Å²) >= 11 is 0. The van der Waals surface area contributed by atoms with Gasteiger partial charge in [0.1, 0.15) is 11.5 Å². The molecule has 1 aliphatic heterocycles. The molecule has 2 aliphatic rings. The van der Waals surface area contributed by atoms with Gasteiger partial charge in [0.15, 0.2) is 5.78 Å². The molecule has 1 aliphatic carbocycles. The second-order valence-corrected chi connectivity index (χ2v) is 9.10. The molecule has 36 heavy (non-hydrogen) atoms. The van der Waals surface area contributed by atoms with Crippen LogP contribution in [0, 0.1) is 0 Å². The van der Waals surface area contributed by atoms with Crippen molar-refractivity contribution in [3.63, 3.8) is 0 Å². The van der Waals surface area contributed by atoms with Gasteiger partial charge in [0, 0.05) is 30.5 Å². The van der Waals surface area contributed by atoms with Gasteiger partial charge in [-0.15, -0.1) is 0 Å². The lowest BCUT2D eigenvalue weighted by molar-refractivity contribution is -0.117. The molecular weight excluding hydrogens is 452 g/mol. The number of fused-ring (bicyclic) bond motifs is 1. The zero-order chi connectivity index (χ0) is 25.2. The molecule has 0 aromatic heterocycles. The SMILES string of the molecule is CCOc1ccccc1[C@H]1CC(=O)C2=C(C1)Nc1ccccc1N(C(C)=O)[C@H]2c1ccc(OC)cc1. The third-order valence-electron chi connectivity index (χ3n) is 6.92. The van der Waals surface area contributed by atoms with Crippen LogP contribution in [0.3, 0.4) is 0 Å². The number of amides is 1. The van der Waals surface area contributed by atoms with Gasteiger partial charge in [0.2, 0.25) is 5.91 Å². The summed E-state index contributed by atoms with van der Waals surface area (Å²) in [5.74, 6) is 1.40. The van der Waals surface area contributed by atoms with Crippen molar-refractivity contribution >= 4 is 23.1 Å². The van der Waals surface area contributed by atoms with Crippen LogP contribution in [-0.4, -0.2) is 25.4 Å². The third-order valence-corrected chi connectivity index (χ3v) is 6.92. The van der Waals surface area contributed by atoms with Crippen molar-refractivity contribution in [2.75, 3.05) is 23.9 Å². The van der Waals surface area contributed by atoms with Crippen molar-refractivity contribution in [3.05, 3.63) is 95.2 Å². The number of rotatable bonds is 5. The van der Waals surface area contributed by atoms with Crippen LogP contribution in [0.1, 0.15) is 49.8 Å². The number of hydrogen-bond acceptors (Lipinski definition) is 5. The molecule has 1 amide bonds. The summed E-state index contributed by atoms with van der Waals surface area (Å²) in [5, 5.41) is 3.55. The molecule has 6 heteroatoms. The van der Waals surface area contributed by atoms with E-state index < -0.39 is 6.04 Å². The maximum atomic E-state index is 14.0. The summed E-state index contributed by atoms with van der Waals surface area (Å²) in [7, 11) is 1.62. The number of ketones is 1. The number of Topliss-reactive ketones (excluding diaryl/α,β-unsaturated/α-hetero) is 1. The van der Waals surface area contributed by atoms with E-state index in [2.05, 4.69) is 5.32 Å². The molecule has 6 nitrogen and oxygen atoms in total. The van der Waals surface area contributed by atoms with Gasteiger partial charge in [-0.1, -0.05) is 42.5 Å². The van der Waals surface area contributed by atoms with E-state index in [9.17, 15) is 9.59 Å². The van der Waals surface area contributed by atoms with E-state index in [-0.39, 0.29) is 17.6 Å². The Labute approximate surface area is 211 Å². The number of para-hydroxylation sites is 3. The first-order valence-corrected chi connectivity index (χ1v) is 12.3. The number of hydrogen-bond donors (Lipinski definition) is 1. The molecular formula is C30H30N2O4. The van der Waals surface area contributed by atoms with Crippen LogP contribution in [-0.2, 0) is 9.59 Å². The van der Waals surface area contributed by atoms with Crippen LogP contribution >= 0.6 is 0 Å². The first kappa shape index (κ1) is 23.7. The molecule has 0 fully saturated rings. The summed E-state index contributed by atoms with van der Waals surface area (Å²) < 4.78 is 11.2. The van der Waals surface area contributed by atoms with E-state index in [0.717, 1.165) is 39.7 Å². The molecule has 0 unspecified atom stereocenters. The van der Waals surface area contributed by atoms with E-state index in [1.54, 1.807) is 18.9 Å². The maximum absolute atomic E-state index is 14.0. The number of carbonyl (C=O) groups is 2. The zero-order valence-corrected chi connectivity index (χ0v) is 20.8. The highest BCUT2D eigenvalue weighted by Gasteiger charge is 2.41. The Morgan fingerprint density at radius 2 is 1.72 bits per heavy atom. The zero-order valence-electron chi connectivity index (χ0n) is 20.8. The number of carbonyl (C=O) groups excluding carboxylic acids is 2. The van der Waals surface area contributed by atoms with Gasteiger partial charge < -0.3 is 14.8 Å². The molecule has 0 radical (unpaired) electrons. The van der Waals surface area contributed by atoms with Gasteiger partial charge in [0.25, 0.3) is 0 Å². The average Bonchev–Trinajstić information content (AvgIpc) is 3.04.